The van der Waals surface area contributed by atoms with Gasteiger partial charge in [-0.2, -0.15) is 0 Å². The van der Waals surface area contributed by atoms with E-state index in [1.165, 1.54) is 32.0 Å². The van der Waals surface area contributed by atoms with Gasteiger partial charge in [-0.3, -0.25) is 4.90 Å². The van der Waals surface area contributed by atoms with Gasteiger partial charge in [-0.15, -0.1) is 5.10 Å². The maximum atomic E-state index is 11.3. The summed E-state index contributed by atoms with van der Waals surface area (Å²) in [5, 5.41) is 22.6. The number of hydrogen-bond acceptors (Lipinski definition) is 8. The van der Waals surface area contributed by atoms with Crippen LogP contribution < -0.4 is 23.8 Å². The van der Waals surface area contributed by atoms with Crippen LogP contribution in [-0.4, -0.2) is 65.4 Å². The van der Waals surface area contributed by atoms with Crippen LogP contribution >= 0.6 is 0 Å². The van der Waals surface area contributed by atoms with E-state index in [0.29, 0.717) is 28.8 Å². The van der Waals surface area contributed by atoms with Crippen LogP contribution in [0.1, 0.15) is 5.56 Å². The fraction of sp³-hybridized carbons (Fsp3) is 0.316. The summed E-state index contributed by atoms with van der Waals surface area (Å²) in [7, 11) is 4.59. The summed E-state index contributed by atoms with van der Waals surface area (Å²) < 4.78 is 23.1. The van der Waals surface area contributed by atoms with Gasteiger partial charge in [0, 0.05) is 6.07 Å². The number of aliphatic hydroxyl groups is 1. The van der Waals surface area contributed by atoms with Gasteiger partial charge in [-0.25, -0.2) is 14.3 Å². The van der Waals surface area contributed by atoms with Crippen LogP contribution in [0.3, 0.4) is 0 Å². The Bertz CT molecular complexity index is 1010. The molecule has 2 heterocycles. The average Bonchev–Trinajstić information content (AvgIpc) is 3.17. The first kappa shape index (κ1) is 21.0. The quantitative estimate of drug-likeness (QED) is 0.535. The molecule has 11 heteroatoms. The Labute approximate surface area is 172 Å². The van der Waals surface area contributed by atoms with E-state index < -0.39 is 6.09 Å². The molecule has 0 atom stereocenters. The van der Waals surface area contributed by atoms with E-state index in [9.17, 15) is 9.90 Å². The Morgan fingerprint density at radius 2 is 1.83 bits per heavy atom. The minimum Gasteiger partial charge on any atom is -0.493 e. The van der Waals surface area contributed by atoms with E-state index in [2.05, 4.69) is 10.1 Å². The second kappa shape index (κ2) is 9.18. The molecular formula is C19H22N4O7. The number of imidazole rings is 1. The molecule has 2 aromatic heterocycles. The molecule has 0 aliphatic heterocycles. The van der Waals surface area contributed by atoms with Crippen molar-refractivity contribution < 1.29 is 34.0 Å². The topological polar surface area (TPSA) is 128 Å². The van der Waals surface area contributed by atoms with Crippen molar-refractivity contribution in [2.75, 3.05) is 39.4 Å². The summed E-state index contributed by atoms with van der Waals surface area (Å²) >= 11 is 0. The van der Waals surface area contributed by atoms with Crippen molar-refractivity contribution >= 4 is 17.6 Å². The predicted octanol–water partition coefficient (Wildman–Crippen LogP) is 1.81. The second-order valence-corrected chi connectivity index (χ2v) is 6.05. The van der Waals surface area contributed by atoms with Crippen LogP contribution in [0.5, 0.6) is 23.1 Å². The molecule has 160 valence electrons. The Hall–Kier alpha value is -3.73. The van der Waals surface area contributed by atoms with Crippen molar-refractivity contribution in [3.63, 3.8) is 0 Å². The van der Waals surface area contributed by atoms with Gasteiger partial charge in [0.25, 0.3) is 0 Å². The van der Waals surface area contributed by atoms with E-state index in [1.807, 2.05) is 0 Å². The first-order valence-electron chi connectivity index (χ1n) is 8.90. The maximum Gasteiger partial charge on any atom is 0.413 e. The van der Waals surface area contributed by atoms with Gasteiger partial charge >= 0.3 is 6.09 Å². The molecule has 0 spiro atoms. The van der Waals surface area contributed by atoms with Gasteiger partial charge in [0.05, 0.1) is 40.7 Å². The fourth-order valence-corrected chi connectivity index (χ4v) is 2.84. The van der Waals surface area contributed by atoms with E-state index >= 15 is 0 Å². The van der Waals surface area contributed by atoms with Crippen LogP contribution in [0.2, 0.25) is 0 Å². The monoisotopic (exact) mass is 418 g/mol. The van der Waals surface area contributed by atoms with E-state index in [-0.39, 0.29) is 25.6 Å². The van der Waals surface area contributed by atoms with E-state index in [1.54, 1.807) is 24.3 Å². The molecule has 0 fully saturated rings. The molecule has 0 aliphatic rings. The third kappa shape index (κ3) is 4.30. The van der Waals surface area contributed by atoms with Crippen LogP contribution in [0.4, 0.5) is 10.6 Å². The van der Waals surface area contributed by atoms with Crippen molar-refractivity contribution in [2.24, 2.45) is 0 Å². The minimum absolute atomic E-state index is 0.0935. The second-order valence-electron chi connectivity index (χ2n) is 6.05. The number of nitrogens with zero attached hydrogens (tertiary/aromatic N) is 4. The number of aromatic nitrogens is 3. The molecule has 2 N–H and O–H groups in total. The number of hydrogen-bond donors (Lipinski definition) is 2. The first-order chi connectivity index (χ1) is 14.5. The van der Waals surface area contributed by atoms with Crippen LogP contribution in [0.15, 0.2) is 30.5 Å². The number of aliphatic hydroxyl groups excluding tert-OH is 1. The number of amides is 1. The van der Waals surface area contributed by atoms with Crippen molar-refractivity contribution in [3.8, 4) is 23.1 Å². The number of methoxy groups -OCH3 is 3. The average molecular weight is 418 g/mol. The minimum atomic E-state index is -1.22. The molecule has 0 bridgehead atoms. The van der Waals surface area contributed by atoms with Gasteiger partial charge in [0.1, 0.15) is 6.61 Å². The number of carboxylic acid groups (broad SMARTS) is 1. The number of ether oxygens (including phenoxy) is 4. The van der Waals surface area contributed by atoms with Gasteiger partial charge in [0.2, 0.25) is 11.6 Å². The molecule has 11 nitrogen and oxygen atoms in total. The highest BCUT2D eigenvalue weighted by atomic mass is 16.5. The lowest BCUT2D eigenvalue weighted by Crippen LogP contribution is -2.32. The Morgan fingerprint density at radius 3 is 2.40 bits per heavy atom. The number of fused-ring (bicyclic) bond motifs is 1. The highest BCUT2D eigenvalue weighted by Crippen LogP contribution is 2.38. The molecule has 1 amide bonds. The molecule has 3 aromatic rings. The molecule has 30 heavy (non-hydrogen) atoms. The lowest BCUT2D eigenvalue weighted by atomic mass is 10.2. The van der Waals surface area contributed by atoms with Crippen molar-refractivity contribution in [2.45, 2.75) is 6.61 Å². The van der Waals surface area contributed by atoms with Gasteiger partial charge < -0.3 is 29.2 Å². The van der Waals surface area contributed by atoms with E-state index in [4.69, 9.17) is 24.1 Å². The summed E-state index contributed by atoms with van der Waals surface area (Å²) in [5.74, 6) is 1.97. The summed E-state index contributed by atoms with van der Waals surface area (Å²) in [5.41, 5.74) is 1.21. The van der Waals surface area contributed by atoms with Crippen molar-refractivity contribution in [1.29, 1.82) is 0 Å². The van der Waals surface area contributed by atoms with E-state index in [0.717, 1.165) is 10.5 Å². The lowest BCUT2D eigenvalue weighted by molar-refractivity contribution is 0.198. The zero-order valence-corrected chi connectivity index (χ0v) is 16.7. The van der Waals surface area contributed by atoms with Gasteiger partial charge in [0.15, 0.2) is 23.0 Å². The molecule has 0 radical (unpaired) electrons. The van der Waals surface area contributed by atoms with Crippen LogP contribution in [0.25, 0.3) is 5.65 Å². The first-order valence-corrected chi connectivity index (χ1v) is 8.90. The molecule has 0 saturated carbocycles. The largest absolute Gasteiger partial charge is 0.493 e. The SMILES string of the molecule is COc1cc(COc2ccc3nc(N(CCO)C(=O)O)cn3n2)cc(OC)c1OC. The summed E-state index contributed by atoms with van der Waals surface area (Å²) in [4.78, 5) is 16.5. The van der Waals surface area contributed by atoms with Crippen molar-refractivity contribution in [3.05, 3.63) is 36.0 Å². The van der Waals surface area contributed by atoms with Gasteiger partial charge in [-0.05, 0) is 23.8 Å². The Balaban J connectivity index is 1.81. The summed E-state index contributed by atoms with van der Waals surface area (Å²) in [6, 6.07) is 6.82. The zero-order valence-electron chi connectivity index (χ0n) is 16.7. The molecule has 0 unspecified atom stereocenters. The predicted molar refractivity (Wildman–Crippen MR) is 106 cm³/mol. The normalized spacial score (nSPS) is 10.7. The molecular weight excluding hydrogens is 396 g/mol. The summed E-state index contributed by atoms with van der Waals surface area (Å²) in [6.45, 7) is -0.233. The van der Waals surface area contributed by atoms with Crippen LogP contribution in [-0.2, 0) is 6.61 Å². The Morgan fingerprint density at radius 1 is 1.13 bits per heavy atom. The smallest absolute Gasteiger partial charge is 0.413 e. The maximum absolute atomic E-state index is 11.3. The summed E-state index contributed by atoms with van der Waals surface area (Å²) in [6.07, 6.45) is 0.233. The number of anilines is 1. The van der Waals surface area contributed by atoms with Crippen LogP contribution in [0, 0.1) is 0 Å². The number of rotatable bonds is 9. The third-order valence-electron chi connectivity index (χ3n) is 4.23. The third-order valence-corrected chi connectivity index (χ3v) is 4.23. The molecule has 3 rings (SSSR count). The molecule has 0 saturated heterocycles. The lowest BCUT2D eigenvalue weighted by Gasteiger charge is -2.14. The molecule has 0 aliphatic carbocycles. The fourth-order valence-electron chi connectivity index (χ4n) is 2.84. The highest BCUT2D eigenvalue weighted by molar-refractivity contribution is 5.85. The van der Waals surface area contributed by atoms with Crippen molar-refractivity contribution in [1.82, 2.24) is 14.6 Å². The number of carbonyl (C=O) groups is 1. The zero-order chi connectivity index (χ0) is 21.7. The Kier molecular flexibility index (Phi) is 6.42. The van der Waals surface area contributed by atoms with Gasteiger partial charge in [-0.1, -0.05) is 0 Å². The number of benzene rings is 1. The standard InChI is InChI=1S/C19H22N4O7/c1-27-13-8-12(9-14(28-2)18(13)29-3)11-30-17-5-4-15-20-16(10-23(15)21-17)22(6-7-24)19(25)26/h4-5,8-10,24H,6-7,11H2,1-3H3,(H,25,26). The molecule has 1 aromatic carbocycles. The highest BCUT2D eigenvalue weighted by Gasteiger charge is 2.18.